The number of carbonyl (C=O) groups excluding carboxylic acids is 1. The van der Waals surface area contributed by atoms with Gasteiger partial charge in [0.2, 0.25) is 5.91 Å². The van der Waals surface area contributed by atoms with E-state index in [0.29, 0.717) is 19.1 Å². The first kappa shape index (κ1) is 14.4. The van der Waals surface area contributed by atoms with E-state index in [1.54, 1.807) is 11.3 Å². The summed E-state index contributed by atoms with van der Waals surface area (Å²) in [6.07, 6.45) is 2.76. The van der Waals surface area contributed by atoms with Crippen molar-refractivity contribution in [2.75, 3.05) is 25.0 Å². The number of hydrogen-bond donors (Lipinski definition) is 2. The Morgan fingerprint density at radius 1 is 1.43 bits per heavy atom. The number of carbonyl (C=O) groups is 1. The summed E-state index contributed by atoms with van der Waals surface area (Å²) < 4.78 is 6.82. The Bertz CT molecular complexity index is 608. The first-order valence-electron chi connectivity index (χ1n) is 7.27. The van der Waals surface area contributed by atoms with Crippen molar-refractivity contribution >= 4 is 33.1 Å². The molecule has 5 nitrogen and oxygen atoms in total. The number of nitrogens with zero attached hydrogens (tertiary/aromatic N) is 1. The third-order valence-electron chi connectivity index (χ3n) is 3.58. The molecule has 0 bridgehead atoms. The Kier molecular flexibility index (Phi) is 4.80. The standard InChI is InChI=1S/C15H19N3O2S/c19-15(5-8-20-12-3-6-16-7-4-12)18-11-1-2-13-14(9-11)21-10-17-13/h1-2,9-10,12,16H,3-8H2,(H,18,19). The highest BCUT2D eigenvalue weighted by molar-refractivity contribution is 7.16. The third kappa shape index (κ3) is 4.00. The van der Waals surface area contributed by atoms with Crippen LogP contribution in [0.4, 0.5) is 5.69 Å². The van der Waals surface area contributed by atoms with E-state index in [9.17, 15) is 4.79 Å². The fourth-order valence-corrected chi connectivity index (χ4v) is 3.15. The predicted molar refractivity (Wildman–Crippen MR) is 84.7 cm³/mol. The van der Waals surface area contributed by atoms with E-state index in [2.05, 4.69) is 15.6 Å². The number of anilines is 1. The molecule has 3 rings (SSSR count). The van der Waals surface area contributed by atoms with Crippen LogP contribution in [0.5, 0.6) is 0 Å². The number of rotatable bonds is 5. The van der Waals surface area contributed by atoms with Gasteiger partial charge in [-0.15, -0.1) is 11.3 Å². The van der Waals surface area contributed by atoms with Gasteiger partial charge in [0.25, 0.3) is 0 Å². The molecule has 0 unspecified atom stereocenters. The van der Waals surface area contributed by atoms with Crippen LogP contribution in [0.15, 0.2) is 23.7 Å². The van der Waals surface area contributed by atoms with Crippen molar-refractivity contribution in [2.24, 2.45) is 0 Å². The molecule has 6 heteroatoms. The maximum atomic E-state index is 11.9. The van der Waals surface area contributed by atoms with Gasteiger partial charge in [0.1, 0.15) is 0 Å². The summed E-state index contributed by atoms with van der Waals surface area (Å²) in [5, 5.41) is 6.20. The smallest absolute Gasteiger partial charge is 0.226 e. The molecule has 1 fully saturated rings. The lowest BCUT2D eigenvalue weighted by Gasteiger charge is -2.22. The van der Waals surface area contributed by atoms with Crippen molar-refractivity contribution in [3.8, 4) is 0 Å². The zero-order valence-electron chi connectivity index (χ0n) is 11.8. The minimum absolute atomic E-state index is 0.00667. The van der Waals surface area contributed by atoms with Crippen molar-refractivity contribution in [1.82, 2.24) is 10.3 Å². The molecule has 2 heterocycles. The van der Waals surface area contributed by atoms with Crippen LogP contribution in [0.25, 0.3) is 10.2 Å². The Morgan fingerprint density at radius 2 is 2.29 bits per heavy atom. The summed E-state index contributed by atoms with van der Waals surface area (Å²) in [6, 6.07) is 5.76. The van der Waals surface area contributed by atoms with Gasteiger partial charge in [0.05, 0.1) is 34.9 Å². The molecule has 0 saturated carbocycles. The second-order valence-corrected chi connectivity index (χ2v) is 6.04. The van der Waals surface area contributed by atoms with Crippen LogP contribution in [0.1, 0.15) is 19.3 Å². The maximum absolute atomic E-state index is 11.9. The minimum Gasteiger partial charge on any atom is -0.378 e. The van der Waals surface area contributed by atoms with Gasteiger partial charge in [-0.1, -0.05) is 0 Å². The van der Waals surface area contributed by atoms with Gasteiger partial charge in [-0.25, -0.2) is 4.98 Å². The Hall–Kier alpha value is -1.50. The Morgan fingerprint density at radius 3 is 3.14 bits per heavy atom. The van der Waals surface area contributed by atoms with Gasteiger partial charge in [-0.3, -0.25) is 4.79 Å². The summed E-state index contributed by atoms with van der Waals surface area (Å²) in [4.78, 5) is 16.1. The number of thiazole rings is 1. The van der Waals surface area contributed by atoms with Crippen LogP contribution in [0.2, 0.25) is 0 Å². The second kappa shape index (κ2) is 6.98. The number of ether oxygens (including phenoxy) is 1. The number of hydrogen-bond acceptors (Lipinski definition) is 5. The third-order valence-corrected chi connectivity index (χ3v) is 4.38. The van der Waals surface area contributed by atoms with E-state index >= 15 is 0 Å². The Labute approximate surface area is 127 Å². The lowest BCUT2D eigenvalue weighted by molar-refractivity contribution is -0.117. The molecule has 1 aromatic carbocycles. The molecule has 0 spiro atoms. The highest BCUT2D eigenvalue weighted by Gasteiger charge is 2.13. The SMILES string of the molecule is O=C(CCOC1CCNCC1)Nc1ccc2ncsc2c1. The molecule has 2 aromatic rings. The fraction of sp³-hybridized carbons (Fsp3) is 0.467. The number of benzene rings is 1. The van der Waals surface area contributed by atoms with Crippen LogP contribution in [-0.2, 0) is 9.53 Å². The summed E-state index contributed by atoms with van der Waals surface area (Å²) in [5.41, 5.74) is 3.59. The van der Waals surface area contributed by atoms with Crippen molar-refractivity contribution in [2.45, 2.75) is 25.4 Å². The molecule has 0 atom stereocenters. The van der Waals surface area contributed by atoms with Gasteiger partial charge in [-0.2, -0.15) is 0 Å². The zero-order chi connectivity index (χ0) is 14.5. The molecule has 1 aromatic heterocycles. The molecular formula is C15H19N3O2S. The number of aromatic nitrogens is 1. The lowest BCUT2D eigenvalue weighted by atomic mass is 10.1. The first-order chi connectivity index (χ1) is 10.3. The van der Waals surface area contributed by atoms with E-state index in [1.807, 2.05) is 23.7 Å². The van der Waals surface area contributed by atoms with Crippen LogP contribution < -0.4 is 10.6 Å². The van der Waals surface area contributed by atoms with Crippen molar-refractivity contribution in [3.63, 3.8) is 0 Å². The molecule has 2 N–H and O–H groups in total. The molecular weight excluding hydrogens is 286 g/mol. The number of amides is 1. The van der Waals surface area contributed by atoms with Gasteiger partial charge in [-0.05, 0) is 44.1 Å². The molecule has 1 aliphatic rings. The number of piperidine rings is 1. The fourth-order valence-electron chi connectivity index (χ4n) is 2.44. The molecule has 112 valence electrons. The zero-order valence-corrected chi connectivity index (χ0v) is 12.6. The molecule has 21 heavy (non-hydrogen) atoms. The summed E-state index contributed by atoms with van der Waals surface area (Å²) in [7, 11) is 0. The van der Waals surface area contributed by atoms with E-state index in [0.717, 1.165) is 41.8 Å². The van der Waals surface area contributed by atoms with Crippen LogP contribution in [0.3, 0.4) is 0 Å². The summed E-state index contributed by atoms with van der Waals surface area (Å²) >= 11 is 1.57. The molecule has 1 saturated heterocycles. The van der Waals surface area contributed by atoms with E-state index < -0.39 is 0 Å². The first-order valence-corrected chi connectivity index (χ1v) is 8.14. The highest BCUT2D eigenvalue weighted by Crippen LogP contribution is 2.21. The quantitative estimate of drug-likeness (QED) is 0.890. The molecule has 0 aliphatic carbocycles. The normalized spacial score (nSPS) is 16.2. The van der Waals surface area contributed by atoms with Crippen molar-refractivity contribution in [3.05, 3.63) is 23.7 Å². The average molecular weight is 305 g/mol. The van der Waals surface area contributed by atoms with Crippen LogP contribution >= 0.6 is 11.3 Å². The van der Waals surface area contributed by atoms with E-state index in [1.165, 1.54) is 0 Å². The average Bonchev–Trinajstić information content (AvgIpc) is 2.96. The molecule has 0 radical (unpaired) electrons. The van der Waals surface area contributed by atoms with Gasteiger partial charge in [0, 0.05) is 5.69 Å². The maximum Gasteiger partial charge on any atom is 0.226 e. The minimum atomic E-state index is -0.00667. The van der Waals surface area contributed by atoms with E-state index in [-0.39, 0.29) is 5.91 Å². The monoisotopic (exact) mass is 305 g/mol. The largest absolute Gasteiger partial charge is 0.378 e. The van der Waals surface area contributed by atoms with Gasteiger partial charge < -0.3 is 15.4 Å². The Balaban J connectivity index is 1.44. The van der Waals surface area contributed by atoms with Crippen molar-refractivity contribution < 1.29 is 9.53 Å². The topological polar surface area (TPSA) is 63.2 Å². The molecule has 1 aliphatic heterocycles. The number of fused-ring (bicyclic) bond motifs is 1. The summed E-state index contributed by atoms with van der Waals surface area (Å²) in [6.45, 7) is 2.50. The second-order valence-electron chi connectivity index (χ2n) is 5.15. The van der Waals surface area contributed by atoms with Gasteiger partial charge in [0.15, 0.2) is 0 Å². The lowest BCUT2D eigenvalue weighted by Crippen LogP contribution is -2.33. The highest BCUT2D eigenvalue weighted by atomic mass is 32.1. The number of nitrogens with one attached hydrogen (secondary N) is 2. The molecule has 1 amide bonds. The van der Waals surface area contributed by atoms with Crippen LogP contribution in [-0.4, -0.2) is 36.7 Å². The predicted octanol–water partition coefficient (Wildman–Crippen LogP) is 2.39. The van der Waals surface area contributed by atoms with Crippen LogP contribution in [0, 0.1) is 0 Å². The van der Waals surface area contributed by atoms with Crippen molar-refractivity contribution in [1.29, 1.82) is 0 Å². The summed E-state index contributed by atoms with van der Waals surface area (Å²) in [5.74, 6) is -0.00667. The van der Waals surface area contributed by atoms with E-state index in [4.69, 9.17) is 4.74 Å². The van der Waals surface area contributed by atoms with Gasteiger partial charge >= 0.3 is 0 Å².